The molecule has 2 amide bonds. The Morgan fingerprint density at radius 1 is 0.962 bits per heavy atom. The van der Waals surface area contributed by atoms with Gasteiger partial charge >= 0.3 is 0 Å². The van der Waals surface area contributed by atoms with Crippen LogP contribution in [0, 0.1) is 0 Å². The van der Waals surface area contributed by atoms with E-state index in [2.05, 4.69) is 4.98 Å². The third-order valence-corrected chi connectivity index (χ3v) is 4.37. The number of carbonyl (C=O) groups is 2. The highest BCUT2D eigenvalue weighted by atomic mass is 16.5. The molecule has 136 valence electrons. The van der Waals surface area contributed by atoms with Gasteiger partial charge in [-0.2, -0.15) is 0 Å². The SMILES string of the molecule is O=C(CCOc1ccccc1)N1CCCN(C(=O)c2cccnc2)CC1. The first-order chi connectivity index (χ1) is 12.7. The van der Waals surface area contributed by atoms with Gasteiger partial charge < -0.3 is 14.5 Å². The predicted octanol–water partition coefficient (Wildman–Crippen LogP) is 2.23. The van der Waals surface area contributed by atoms with Gasteiger partial charge in [0, 0.05) is 38.6 Å². The molecule has 0 saturated carbocycles. The molecule has 0 unspecified atom stereocenters. The first-order valence-electron chi connectivity index (χ1n) is 8.89. The van der Waals surface area contributed by atoms with Crippen molar-refractivity contribution in [2.75, 3.05) is 32.8 Å². The van der Waals surface area contributed by atoms with Gasteiger partial charge in [0.05, 0.1) is 18.6 Å². The van der Waals surface area contributed by atoms with Gasteiger partial charge in [-0.15, -0.1) is 0 Å². The molecule has 1 aliphatic rings. The van der Waals surface area contributed by atoms with Crippen molar-refractivity contribution in [2.45, 2.75) is 12.8 Å². The van der Waals surface area contributed by atoms with E-state index < -0.39 is 0 Å². The minimum atomic E-state index is -0.0280. The summed E-state index contributed by atoms with van der Waals surface area (Å²) in [5, 5.41) is 0. The van der Waals surface area contributed by atoms with Crippen molar-refractivity contribution in [3.05, 3.63) is 60.4 Å². The second kappa shape index (κ2) is 8.99. The van der Waals surface area contributed by atoms with Gasteiger partial charge in [-0.25, -0.2) is 0 Å². The highest BCUT2D eigenvalue weighted by Gasteiger charge is 2.22. The second-order valence-corrected chi connectivity index (χ2v) is 6.18. The van der Waals surface area contributed by atoms with Crippen molar-refractivity contribution in [1.29, 1.82) is 0 Å². The molecule has 26 heavy (non-hydrogen) atoms. The smallest absolute Gasteiger partial charge is 0.255 e. The van der Waals surface area contributed by atoms with E-state index in [-0.39, 0.29) is 11.8 Å². The van der Waals surface area contributed by atoms with Crippen LogP contribution in [0.2, 0.25) is 0 Å². The third kappa shape index (κ3) is 4.81. The Morgan fingerprint density at radius 2 is 1.73 bits per heavy atom. The van der Waals surface area contributed by atoms with Gasteiger partial charge in [-0.3, -0.25) is 14.6 Å². The van der Waals surface area contributed by atoms with Gasteiger partial charge in [0.2, 0.25) is 5.91 Å². The van der Waals surface area contributed by atoms with Crippen molar-refractivity contribution in [1.82, 2.24) is 14.8 Å². The maximum Gasteiger partial charge on any atom is 0.255 e. The Bertz CT molecular complexity index is 722. The van der Waals surface area contributed by atoms with E-state index >= 15 is 0 Å². The largest absolute Gasteiger partial charge is 0.493 e. The normalized spacial score (nSPS) is 14.6. The highest BCUT2D eigenvalue weighted by Crippen LogP contribution is 2.11. The molecule has 1 saturated heterocycles. The lowest BCUT2D eigenvalue weighted by Gasteiger charge is -2.22. The third-order valence-electron chi connectivity index (χ3n) is 4.37. The number of hydrogen-bond acceptors (Lipinski definition) is 4. The van der Waals surface area contributed by atoms with E-state index in [0.29, 0.717) is 44.8 Å². The monoisotopic (exact) mass is 353 g/mol. The molecule has 1 aromatic carbocycles. The Morgan fingerprint density at radius 3 is 2.50 bits per heavy atom. The summed E-state index contributed by atoms with van der Waals surface area (Å²) in [6.45, 7) is 2.77. The first kappa shape index (κ1) is 17.9. The molecule has 0 bridgehead atoms. The van der Waals surface area contributed by atoms with Crippen LogP contribution < -0.4 is 4.74 Å². The van der Waals surface area contributed by atoms with E-state index in [1.807, 2.05) is 35.2 Å². The average Bonchev–Trinajstić information content (AvgIpc) is 2.95. The molecule has 2 aromatic rings. The number of para-hydroxylation sites is 1. The zero-order valence-corrected chi connectivity index (χ0v) is 14.7. The summed E-state index contributed by atoms with van der Waals surface area (Å²) in [6, 6.07) is 13.0. The lowest BCUT2D eigenvalue weighted by atomic mass is 10.2. The maximum absolute atomic E-state index is 12.5. The fourth-order valence-corrected chi connectivity index (χ4v) is 2.97. The number of amides is 2. The lowest BCUT2D eigenvalue weighted by molar-refractivity contribution is -0.131. The molecule has 2 heterocycles. The molecule has 0 N–H and O–H groups in total. The number of rotatable bonds is 5. The van der Waals surface area contributed by atoms with Crippen molar-refractivity contribution in [3.63, 3.8) is 0 Å². The summed E-state index contributed by atoms with van der Waals surface area (Å²) in [7, 11) is 0. The number of aromatic nitrogens is 1. The van der Waals surface area contributed by atoms with E-state index in [9.17, 15) is 9.59 Å². The van der Waals surface area contributed by atoms with Crippen molar-refractivity contribution in [2.24, 2.45) is 0 Å². The summed E-state index contributed by atoms with van der Waals surface area (Å²) < 4.78 is 5.60. The summed E-state index contributed by atoms with van der Waals surface area (Å²) in [6.07, 6.45) is 4.34. The quantitative estimate of drug-likeness (QED) is 0.827. The van der Waals surface area contributed by atoms with Crippen LogP contribution in [0.4, 0.5) is 0 Å². The Labute approximate surface area is 153 Å². The predicted molar refractivity (Wildman–Crippen MR) is 97.9 cm³/mol. The number of carbonyl (C=O) groups excluding carboxylic acids is 2. The van der Waals surface area contributed by atoms with E-state index in [4.69, 9.17) is 4.74 Å². The summed E-state index contributed by atoms with van der Waals surface area (Å²) in [4.78, 5) is 32.6. The molecule has 1 fully saturated rings. The van der Waals surface area contributed by atoms with Crippen LogP contribution in [0.3, 0.4) is 0 Å². The van der Waals surface area contributed by atoms with Crippen LogP contribution in [0.1, 0.15) is 23.2 Å². The minimum absolute atomic E-state index is 0.0280. The van der Waals surface area contributed by atoms with Crippen molar-refractivity contribution < 1.29 is 14.3 Å². The van der Waals surface area contributed by atoms with E-state index in [0.717, 1.165) is 12.2 Å². The van der Waals surface area contributed by atoms with Gasteiger partial charge in [-0.1, -0.05) is 18.2 Å². The zero-order valence-electron chi connectivity index (χ0n) is 14.7. The van der Waals surface area contributed by atoms with Gasteiger partial charge in [0.1, 0.15) is 5.75 Å². The molecule has 0 atom stereocenters. The van der Waals surface area contributed by atoms with Gasteiger partial charge in [0.15, 0.2) is 0 Å². The average molecular weight is 353 g/mol. The number of pyridine rings is 1. The number of benzene rings is 1. The Kier molecular flexibility index (Phi) is 6.19. The van der Waals surface area contributed by atoms with Gasteiger partial charge in [-0.05, 0) is 30.7 Å². The van der Waals surface area contributed by atoms with Crippen LogP contribution in [0.5, 0.6) is 5.75 Å². The summed E-state index contributed by atoms with van der Waals surface area (Å²) in [5.41, 5.74) is 0.587. The molecule has 1 aliphatic heterocycles. The van der Waals surface area contributed by atoms with Crippen LogP contribution in [0.15, 0.2) is 54.9 Å². The molecule has 3 rings (SSSR count). The topological polar surface area (TPSA) is 62.7 Å². The Balaban J connectivity index is 1.47. The molecule has 0 radical (unpaired) electrons. The zero-order chi connectivity index (χ0) is 18.2. The van der Waals surface area contributed by atoms with Crippen LogP contribution in [0.25, 0.3) is 0 Å². The fourth-order valence-electron chi connectivity index (χ4n) is 2.97. The first-order valence-corrected chi connectivity index (χ1v) is 8.89. The molecule has 0 spiro atoms. The molecular weight excluding hydrogens is 330 g/mol. The maximum atomic E-state index is 12.5. The van der Waals surface area contributed by atoms with E-state index in [1.165, 1.54) is 0 Å². The fraction of sp³-hybridized carbons (Fsp3) is 0.350. The minimum Gasteiger partial charge on any atom is -0.493 e. The number of hydrogen-bond donors (Lipinski definition) is 0. The summed E-state index contributed by atoms with van der Waals surface area (Å²) in [5.74, 6) is 0.806. The lowest BCUT2D eigenvalue weighted by Crippen LogP contribution is -2.37. The van der Waals surface area contributed by atoms with Crippen LogP contribution in [-0.4, -0.2) is 59.4 Å². The van der Waals surface area contributed by atoms with Crippen molar-refractivity contribution in [3.8, 4) is 5.75 Å². The van der Waals surface area contributed by atoms with Crippen LogP contribution >= 0.6 is 0 Å². The molecular formula is C20H23N3O3. The second-order valence-electron chi connectivity index (χ2n) is 6.18. The van der Waals surface area contributed by atoms with Crippen LogP contribution in [-0.2, 0) is 4.79 Å². The van der Waals surface area contributed by atoms with E-state index in [1.54, 1.807) is 29.4 Å². The van der Waals surface area contributed by atoms with Crippen molar-refractivity contribution >= 4 is 11.8 Å². The Hall–Kier alpha value is -2.89. The molecule has 6 nitrogen and oxygen atoms in total. The standard InChI is InChI=1S/C20H23N3O3/c24-19(9-15-26-18-7-2-1-3-8-18)22-11-5-12-23(14-13-22)20(25)17-6-4-10-21-16-17/h1-4,6-8,10,16H,5,9,11-15H2. The molecule has 6 heteroatoms. The molecule has 0 aliphatic carbocycles. The number of nitrogens with zero attached hydrogens (tertiary/aromatic N) is 3. The van der Waals surface area contributed by atoms with Gasteiger partial charge in [0.25, 0.3) is 5.91 Å². The number of ether oxygens (including phenoxy) is 1. The molecule has 1 aromatic heterocycles. The summed E-state index contributed by atoms with van der Waals surface area (Å²) >= 11 is 0. The highest BCUT2D eigenvalue weighted by molar-refractivity contribution is 5.93.